The number of amides is 1. The van der Waals surface area contributed by atoms with E-state index in [0.29, 0.717) is 0 Å². The zero-order chi connectivity index (χ0) is 11.5. The molecule has 0 aliphatic rings. The molecule has 1 N–H and O–H groups in total. The standard InChI is InChI=1S/C8H9FN2O3S/c1-15(13,14)5-8(12)11-7-4-2-3-6(9)10-7/h2-4H,5H2,1H3,(H,10,11,12). The summed E-state index contributed by atoms with van der Waals surface area (Å²) < 4.78 is 34.1. The Kier molecular flexibility index (Phi) is 3.35. The fourth-order valence-corrected chi connectivity index (χ4v) is 1.44. The van der Waals surface area contributed by atoms with Gasteiger partial charge in [-0.05, 0) is 12.1 Å². The normalized spacial score (nSPS) is 11.1. The second kappa shape index (κ2) is 4.35. The lowest BCUT2D eigenvalue weighted by Gasteiger charge is -2.02. The smallest absolute Gasteiger partial charge is 0.240 e. The molecule has 0 bridgehead atoms. The van der Waals surface area contributed by atoms with Gasteiger partial charge in [0.2, 0.25) is 11.9 Å². The summed E-state index contributed by atoms with van der Waals surface area (Å²) in [6, 6.07) is 3.84. The summed E-state index contributed by atoms with van der Waals surface area (Å²) in [5.41, 5.74) is 0. The Bertz CT molecular complexity index is 473. The van der Waals surface area contributed by atoms with Gasteiger partial charge in [-0.15, -0.1) is 0 Å². The largest absolute Gasteiger partial charge is 0.310 e. The van der Waals surface area contributed by atoms with E-state index in [4.69, 9.17) is 0 Å². The van der Waals surface area contributed by atoms with Crippen molar-refractivity contribution in [1.82, 2.24) is 4.98 Å². The van der Waals surface area contributed by atoms with E-state index in [2.05, 4.69) is 10.3 Å². The first-order chi connectivity index (χ1) is 6.87. The van der Waals surface area contributed by atoms with Gasteiger partial charge in [0, 0.05) is 6.26 Å². The molecule has 0 aliphatic heterocycles. The molecule has 1 amide bonds. The molecule has 15 heavy (non-hydrogen) atoms. The molecule has 0 saturated carbocycles. The Hall–Kier alpha value is -1.50. The second-order valence-electron chi connectivity index (χ2n) is 2.96. The van der Waals surface area contributed by atoms with Crippen LogP contribution in [0.3, 0.4) is 0 Å². The Balaban J connectivity index is 2.67. The number of hydrogen-bond acceptors (Lipinski definition) is 4. The minimum Gasteiger partial charge on any atom is -0.310 e. The molecular weight excluding hydrogens is 223 g/mol. The van der Waals surface area contributed by atoms with Gasteiger partial charge in [-0.2, -0.15) is 4.39 Å². The van der Waals surface area contributed by atoms with Gasteiger partial charge in [0.25, 0.3) is 0 Å². The van der Waals surface area contributed by atoms with Crippen molar-refractivity contribution in [1.29, 1.82) is 0 Å². The number of hydrogen-bond donors (Lipinski definition) is 1. The fraction of sp³-hybridized carbons (Fsp3) is 0.250. The van der Waals surface area contributed by atoms with Crippen molar-refractivity contribution in [2.24, 2.45) is 0 Å². The van der Waals surface area contributed by atoms with Gasteiger partial charge in [0.1, 0.15) is 11.6 Å². The second-order valence-corrected chi connectivity index (χ2v) is 5.10. The van der Waals surface area contributed by atoms with E-state index in [0.717, 1.165) is 12.3 Å². The van der Waals surface area contributed by atoms with Crippen LogP contribution >= 0.6 is 0 Å². The molecule has 0 fully saturated rings. The van der Waals surface area contributed by atoms with Crippen LogP contribution < -0.4 is 5.32 Å². The quantitative estimate of drug-likeness (QED) is 0.755. The molecule has 82 valence electrons. The van der Waals surface area contributed by atoms with E-state index < -0.39 is 27.4 Å². The topological polar surface area (TPSA) is 76.1 Å². The van der Waals surface area contributed by atoms with E-state index >= 15 is 0 Å². The number of halogens is 1. The fourth-order valence-electron chi connectivity index (χ4n) is 0.895. The third-order valence-electron chi connectivity index (χ3n) is 1.38. The molecule has 0 saturated heterocycles. The van der Waals surface area contributed by atoms with Crippen molar-refractivity contribution in [2.45, 2.75) is 0 Å². The molecule has 5 nitrogen and oxygen atoms in total. The van der Waals surface area contributed by atoms with E-state index in [1.54, 1.807) is 0 Å². The number of carbonyl (C=O) groups is 1. The summed E-state index contributed by atoms with van der Waals surface area (Å²) in [7, 11) is -3.39. The first-order valence-electron chi connectivity index (χ1n) is 3.97. The number of carbonyl (C=O) groups excluding carboxylic acids is 1. The molecule has 0 aliphatic carbocycles. The molecule has 1 aromatic heterocycles. The molecule has 0 spiro atoms. The highest BCUT2D eigenvalue weighted by Crippen LogP contribution is 2.03. The van der Waals surface area contributed by atoms with Crippen LogP contribution in [-0.4, -0.2) is 31.3 Å². The summed E-state index contributed by atoms with van der Waals surface area (Å²) in [6.45, 7) is 0. The first kappa shape index (κ1) is 11.6. The van der Waals surface area contributed by atoms with Gasteiger partial charge < -0.3 is 5.32 Å². The zero-order valence-corrected chi connectivity index (χ0v) is 8.71. The lowest BCUT2D eigenvalue weighted by Crippen LogP contribution is -2.22. The molecule has 7 heteroatoms. The number of nitrogens with zero attached hydrogens (tertiary/aromatic N) is 1. The Labute approximate surface area is 86.2 Å². The average Bonchev–Trinajstić information content (AvgIpc) is 1.99. The zero-order valence-electron chi connectivity index (χ0n) is 7.90. The van der Waals surface area contributed by atoms with Crippen LogP contribution in [0, 0.1) is 5.95 Å². The van der Waals surface area contributed by atoms with Crippen LogP contribution in [0.4, 0.5) is 10.2 Å². The summed E-state index contributed by atoms with van der Waals surface area (Å²) in [5, 5.41) is 2.17. The number of anilines is 1. The van der Waals surface area contributed by atoms with Crippen molar-refractivity contribution < 1.29 is 17.6 Å². The number of aromatic nitrogens is 1. The van der Waals surface area contributed by atoms with Crippen LogP contribution in [0.5, 0.6) is 0 Å². The van der Waals surface area contributed by atoms with Crippen molar-refractivity contribution in [3.05, 3.63) is 24.1 Å². The lowest BCUT2D eigenvalue weighted by atomic mass is 10.4. The summed E-state index contributed by atoms with van der Waals surface area (Å²) >= 11 is 0. The summed E-state index contributed by atoms with van der Waals surface area (Å²) in [5.74, 6) is -2.14. The molecule has 0 aromatic carbocycles. The number of sulfone groups is 1. The van der Waals surface area contributed by atoms with Gasteiger partial charge in [-0.3, -0.25) is 4.79 Å². The molecule has 1 heterocycles. The highest BCUT2D eigenvalue weighted by atomic mass is 32.2. The van der Waals surface area contributed by atoms with Crippen LogP contribution in [-0.2, 0) is 14.6 Å². The molecule has 0 unspecified atom stereocenters. The van der Waals surface area contributed by atoms with Crippen LogP contribution in [0.15, 0.2) is 18.2 Å². The molecule has 1 aromatic rings. The highest BCUT2D eigenvalue weighted by molar-refractivity contribution is 7.91. The third kappa shape index (κ3) is 4.50. The van der Waals surface area contributed by atoms with Crippen molar-refractivity contribution in [3.8, 4) is 0 Å². The van der Waals surface area contributed by atoms with Crippen LogP contribution in [0.2, 0.25) is 0 Å². The predicted molar refractivity (Wildman–Crippen MR) is 52.5 cm³/mol. The first-order valence-corrected chi connectivity index (χ1v) is 6.03. The Morgan fingerprint density at radius 1 is 1.53 bits per heavy atom. The van der Waals surface area contributed by atoms with Gasteiger partial charge in [-0.25, -0.2) is 13.4 Å². The van der Waals surface area contributed by atoms with Crippen molar-refractivity contribution >= 4 is 21.6 Å². The van der Waals surface area contributed by atoms with E-state index in [-0.39, 0.29) is 5.82 Å². The maximum Gasteiger partial charge on any atom is 0.240 e. The molecule has 0 radical (unpaired) electrons. The predicted octanol–water partition coefficient (Wildman–Crippen LogP) is 0.204. The Morgan fingerprint density at radius 3 is 2.73 bits per heavy atom. The maximum absolute atomic E-state index is 12.6. The number of pyridine rings is 1. The SMILES string of the molecule is CS(=O)(=O)CC(=O)Nc1cccc(F)n1. The maximum atomic E-state index is 12.6. The molecule has 0 atom stereocenters. The van der Waals surface area contributed by atoms with E-state index in [9.17, 15) is 17.6 Å². The minimum atomic E-state index is -3.39. The number of nitrogens with one attached hydrogen (secondary N) is 1. The minimum absolute atomic E-state index is 0.0105. The Morgan fingerprint density at radius 2 is 2.20 bits per heavy atom. The molecular formula is C8H9FN2O3S. The monoisotopic (exact) mass is 232 g/mol. The lowest BCUT2D eigenvalue weighted by molar-refractivity contribution is -0.113. The van der Waals surface area contributed by atoms with Crippen molar-refractivity contribution in [3.63, 3.8) is 0 Å². The van der Waals surface area contributed by atoms with Crippen molar-refractivity contribution in [2.75, 3.05) is 17.3 Å². The van der Waals surface area contributed by atoms with E-state index in [1.807, 2.05) is 0 Å². The summed E-state index contributed by atoms with van der Waals surface area (Å²) in [4.78, 5) is 14.4. The van der Waals surface area contributed by atoms with Crippen LogP contribution in [0.25, 0.3) is 0 Å². The van der Waals surface area contributed by atoms with Crippen LogP contribution in [0.1, 0.15) is 0 Å². The van der Waals surface area contributed by atoms with Gasteiger partial charge in [-0.1, -0.05) is 6.07 Å². The van der Waals surface area contributed by atoms with Gasteiger partial charge in [0.15, 0.2) is 9.84 Å². The number of rotatable bonds is 3. The van der Waals surface area contributed by atoms with E-state index in [1.165, 1.54) is 12.1 Å². The highest BCUT2D eigenvalue weighted by Gasteiger charge is 2.11. The van der Waals surface area contributed by atoms with Gasteiger partial charge >= 0.3 is 0 Å². The molecule has 1 rings (SSSR count). The third-order valence-corrected chi connectivity index (χ3v) is 2.16. The average molecular weight is 232 g/mol. The summed E-state index contributed by atoms with van der Waals surface area (Å²) in [6.07, 6.45) is 0.936. The van der Waals surface area contributed by atoms with Gasteiger partial charge in [0.05, 0.1) is 0 Å².